The maximum atomic E-state index is 11.4. The first kappa shape index (κ1) is 13.7. The van der Waals surface area contributed by atoms with Crippen molar-refractivity contribution in [2.45, 2.75) is 20.3 Å². The van der Waals surface area contributed by atoms with Gasteiger partial charge in [-0.25, -0.2) is 8.42 Å². The molecule has 0 saturated carbocycles. The van der Waals surface area contributed by atoms with Crippen LogP contribution in [0.3, 0.4) is 0 Å². The van der Waals surface area contributed by atoms with Gasteiger partial charge in [0.15, 0.2) is 0 Å². The number of carbonyl (C=O) groups is 1. The maximum Gasteiger partial charge on any atom is 0.309 e. The largest absolute Gasteiger partial charge is 0.481 e. The molecule has 2 N–H and O–H groups in total. The minimum absolute atomic E-state index is 0.303. The van der Waals surface area contributed by atoms with Crippen molar-refractivity contribution in [3.8, 4) is 5.75 Å². The quantitative estimate of drug-likeness (QED) is 0.876. The molecule has 0 unspecified atom stereocenters. The fourth-order valence-corrected chi connectivity index (χ4v) is 2.65. The Balaban J connectivity index is 2.29. The van der Waals surface area contributed by atoms with Crippen LogP contribution >= 0.6 is 0 Å². The number of carboxylic acids is 1. The van der Waals surface area contributed by atoms with Crippen LogP contribution in [0.25, 0.3) is 0 Å². The van der Waals surface area contributed by atoms with Gasteiger partial charge < -0.3 is 9.84 Å². The Bertz CT molecular complexity index is 621. The van der Waals surface area contributed by atoms with Crippen LogP contribution in [0.4, 0.5) is 5.69 Å². The van der Waals surface area contributed by atoms with Crippen molar-refractivity contribution in [2.24, 2.45) is 5.41 Å². The van der Waals surface area contributed by atoms with Crippen LogP contribution in [-0.2, 0) is 21.2 Å². The van der Waals surface area contributed by atoms with Crippen LogP contribution in [0.15, 0.2) is 18.2 Å². The van der Waals surface area contributed by atoms with Gasteiger partial charge in [-0.3, -0.25) is 9.52 Å². The van der Waals surface area contributed by atoms with E-state index in [1.165, 1.54) is 0 Å². The Hall–Kier alpha value is -1.76. The van der Waals surface area contributed by atoms with Gasteiger partial charge in [0.25, 0.3) is 10.0 Å². The summed E-state index contributed by atoms with van der Waals surface area (Å²) in [4.78, 5) is 11.1. The molecule has 1 aromatic carbocycles. The van der Waals surface area contributed by atoms with Crippen LogP contribution in [-0.4, -0.2) is 25.4 Å². The Morgan fingerprint density at radius 1 is 1.47 bits per heavy atom. The van der Waals surface area contributed by atoms with Crippen LogP contribution in [0.2, 0.25) is 0 Å². The summed E-state index contributed by atoms with van der Waals surface area (Å²) in [5, 5.41) is 9.09. The van der Waals surface area contributed by atoms with Crippen molar-refractivity contribution in [3.05, 3.63) is 23.8 Å². The van der Waals surface area contributed by atoms with E-state index in [0.29, 0.717) is 17.9 Å². The molecule has 6 nitrogen and oxygen atoms in total. The second-order valence-corrected chi connectivity index (χ2v) is 6.84. The topological polar surface area (TPSA) is 92.7 Å². The number of anilines is 1. The van der Waals surface area contributed by atoms with E-state index in [1.54, 1.807) is 32.0 Å². The smallest absolute Gasteiger partial charge is 0.309 e. The minimum atomic E-state index is -3.46. The van der Waals surface area contributed by atoms with Crippen LogP contribution in [0.5, 0.6) is 5.75 Å². The van der Waals surface area contributed by atoms with Gasteiger partial charge in [-0.15, -0.1) is 0 Å². The molecule has 1 aliphatic rings. The Morgan fingerprint density at radius 3 is 2.79 bits per heavy atom. The number of nitrogens with one attached hydrogen (secondary N) is 1. The van der Waals surface area contributed by atoms with E-state index in [9.17, 15) is 13.2 Å². The van der Waals surface area contributed by atoms with Crippen LogP contribution in [0.1, 0.15) is 19.4 Å². The summed E-state index contributed by atoms with van der Waals surface area (Å²) in [5.74, 6) is -0.853. The van der Waals surface area contributed by atoms with Gasteiger partial charge >= 0.3 is 5.97 Å². The average molecular weight is 285 g/mol. The molecule has 0 aromatic heterocycles. The Morgan fingerprint density at radius 2 is 2.16 bits per heavy atom. The summed E-state index contributed by atoms with van der Waals surface area (Å²) in [6.45, 7) is 3.24. The van der Waals surface area contributed by atoms with E-state index < -0.39 is 27.3 Å². The molecule has 2 rings (SSSR count). The first-order valence-corrected chi connectivity index (χ1v) is 7.34. The monoisotopic (exact) mass is 285 g/mol. The predicted molar refractivity (Wildman–Crippen MR) is 69.6 cm³/mol. The molecule has 0 aliphatic carbocycles. The van der Waals surface area contributed by atoms with Gasteiger partial charge in [0.05, 0.1) is 11.1 Å². The normalized spacial score (nSPS) is 16.9. The van der Waals surface area contributed by atoms with E-state index in [1.807, 2.05) is 0 Å². The molecular weight excluding hydrogens is 270 g/mol. The highest BCUT2D eigenvalue weighted by Gasteiger charge is 2.28. The number of carboxylic acid groups (broad SMARTS) is 1. The van der Waals surface area contributed by atoms with Crippen molar-refractivity contribution >= 4 is 21.7 Å². The zero-order chi connectivity index (χ0) is 14.3. The average Bonchev–Trinajstić information content (AvgIpc) is 2.26. The molecule has 1 aliphatic heterocycles. The van der Waals surface area contributed by atoms with Gasteiger partial charge in [0, 0.05) is 0 Å². The van der Waals surface area contributed by atoms with Crippen LogP contribution in [0, 0.1) is 5.41 Å². The fourth-order valence-electron chi connectivity index (χ4n) is 1.82. The predicted octanol–water partition coefficient (Wildman–Crippen LogP) is 1.43. The summed E-state index contributed by atoms with van der Waals surface area (Å²) in [6.07, 6.45) is 0.303. The molecule has 0 atom stereocenters. The lowest BCUT2D eigenvalue weighted by Gasteiger charge is -2.22. The molecule has 1 heterocycles. The Labute approximate surface area is 111 Å². The third kappa shape index (κ3) is 2.98. The molecule has 19 heavy (non-hydrogen) atoms. The summed E-state index contributed by atoms with van der Waals surface area (Å²) in [6, 6.07) is 4.99. The number of ether oxygens (including phenoxy) is 1. The first-order valence-electron chi connectivity index (χ1n) is 5.69. The number of rotatable bonds is 3. The number of aliphatic carboxylic acids is 1. The van der Waals surface area contributed by atoms with Crippen molar-refractivity contribution in [1.82, 2.24) is 0 Å². The lowest BCUT2D eigenvalue weighted by molar-refractivity contribution is -0.146. The minimum Gasteiger partial charge on any atom is -0.481 e. The summed E-state index contributed by atoms with van der Waals surface area (Å²) < 4.78 is 30.3. The van der Waals surface area contributed by atoms with Gasteiger partial charge in [-0.1, -0.05) is 6.07 Å². The molecule has 0 saturated heterocycles. The molecule has 0 amide bonds. The highest BCUT2D eigenvalue weighted by atomic mass is 32.2. The fraction of sp³-hybridized carbons (Fsp3) is 0.417. The van der Waals surface area contributed by atoms with Crippen molar-refractivity contribution in [2.75, 3.05) is 10.7 Å². The van der Waals surface area contributed by atoms with E-state index in [2.05, 4.69) is 4.72 Å². The summed E-state index contributed by atoms with van der Waals surface area (Å²) in [5.41, 5.74) is 0.173. The molecule has 0 bridgehead atoms. The molecular formula is C12H15NO5S. The van der Waals surface area contributed by atoms with Gasteiger partial charge in [-0.05, 0) is 38.0 Å². The Kier molecular flexibility index (Phi) is 3.17. The number of hydrogen-bond acceptors (Lipinski definition) is 4. The molecule has 104 valence electrons. The zero-order valence-electron chi connectivity index (χ0n) is 10.6. The van der Waals surface area contributed by atoms with Crippen molar-refractivity contribution in [3.63, 3.8) is 0 Å². The lowest BCUT2D eigenvalue weighted by atomic mass is 9.86. The molecule has 0 radical (unpaired) electrons. The molecule has 1 aromatic rings. The van der Waals surface area contributed by atoms with Gasteiger partial charge in [0.2, 0.25) is 5.94 Å². The highest BCUT2D eigenvalue weighted by Crippen LogP contribution is 2.32. The standard InChI is InChI=1S/C12H15NO5S/c1-12(2,11(14)15)6-8-3-4-10-9(5-8)13-19(16,17)7-18-10/h3-5,13H,6-7H2,1-2H3,(H,14,15). The maximum absolute atomic E-state index is 11.4. The zero-order valence-corrected chi connectivity index (χ0v) is 11.5. The summed E-state index contributed by atoms with van der Waals surface area (Å²) >= 11 is 0. The van der Waals surface area contributed by atoms with Crippen LogP contribution < -0.4 is 9.46 Å². The number of hydrogen-bond donors (Lipinski definition) is 2. The second-order valence-electron chi connectivity index (χ2n) is 5.18. The third-order valence-corrected chi connectivity index (χ3v) is 3.86. The molecule has 0 spiro atoms. The lowest BCUT2D eigenvalue weighted by Crippen LogP contribution is -2.27. The number of sulfonamides is 1. The first-order chi connectivity index (χ1) is 8.70. The van der Waals surface area contributed by atoms with Crippen molar-refractivity contribution < 1.29 is 23.1 Å². The van der Waals surface area contributed by atoms with Crippen molar-refractivity contribution in [1.29, 1.82) is 0 Å². The summed E-state index contributed by atoms with van der Waals surface area (Å²) in [7, 11) is -3.46. The van der Waals surface area contributed by atoms with E-state index in [-0.39, 0.29) is 0 Å². The van der Waals surface area contributed by atoms with E-state index >= 15 is 0 Å². The SMILES string of the molecule is CC(C)(Cc1ccc2c(c1)NS(=O)(=O)CO2)C(=O)O. The van der Waals surface area contributed by atoms with E-state index in [4.69, 9.17) is 9.84 Å². The second kappa shape index (κ2) is 4.41. The highest BCUT2D eigenvalue weighted by molar-refractivity contribution is 7.92. The van der Waals surface area contributed by atoms with E-state index in [0.717, 1.165) is 5.56 Å². The van der Waals surface area contributed by atoms with Gasteiger partial charge in [0.1, 0.15) is 5.75 Å². The van der Waals surface area contributed by atoms with Gasteiger partial charge in [-0.2, -0.15) is 0 Å². The molecule has 7 heteroatoms. The number of benzene rings is 1. The molecule has 0 fully saturated rings. The third-order valence-electron chi connectivity index (χ3n) is 2.90. The number of fused-ring (bicyclic) bond motifs is 1.